The van der Waals surface area contributed by atoms with Crippen LogP contribution in [0.25, 0.3) is 0 Å². The highest BCUT2D eigenvalue weighted by Gasteiger charge is 2.23. The second-order valence-corrected chi connectivity index (χ2v) is 5.65. The first-order valence-corrected chi connectivity index (χ1v) is 7.40. The minimum absolute atomic E-state index is 0.108. The Labute approximate surface area is 115 Å². The van der Waals surface area contributed by atoms with Crippen LogP contribution in [-0.4, -0.2) is 16.9 Å². The van der Waals surface area contributed by atoms with E-state index in [2.05, 4.69) is 6.92 Å². The normalized spacial score (nSPS) is 14.4. The van der Waals surface area contributed by atoms with E-state index in [4.69, 9.17) is 27.9 Å². The van der Waals surface area contributed by atoms with Crippen LogP contribution in [-0.2, 0) is 9.53 Å². The van der Waals surface area contributed by atoms with E-state index >= 15 is 0 Å². The lowest BCUT2D eigenvalue weighted by Gasteiger charge is -2.19. The summed E-state index contributed by atoms with van der Waals surface area (Å²) >= 11 is 11.4. The van der Waals surface area contributed by atoms with Crippen molar-refractivity contribution in [3.8, 4) is 0 Å². The molecule has 1 atom stereocenters. The molecule has 0 saturated carbocycles. The molecule has 0 N–H and O–H groups in total. The van der Waals surface area contributed by atoms with E-state index < -0.39 is 5.06 Å². The summed E-state index contributed by atoms with van der Waals surface area (Å²) in [4.78, 5) is 11.4. The van der Waals surface area contributed by atoms with Crippen LogP contribution in [0.15, 0.2) is 0 Å². The molecule has 0 aromatic heterocycles. The Morgan fingerprint density at radius 1 is 1.12 bits per heavy atom. The average molecular weight is 283 g/mol. The SMILES string of the molecule is CCCCCCCCCC(=O)OC(C)(Cl)CCl. The zero-order valence-electron chi connectivity index (χ0n) is 10.9. The van der Waals surface area contributed by atoms with Gasteiger partial charge in [0.05, 0.1) is 5.88 Å². The third-order valence-corrected chi connectivity index (χ3v) is 3.41. The molecular weight excluding hydrogens is 259 g/mol. The summed E-state index contributed by atoms with van der Waals surface area (Å²) in [5.41, 5.74) is 0. The quantitative estimate of drug-likeness (QED) is 0.325. The molecule has 2 nitrogen and oxygen atoms in total. The summed E-state index contributed by atoms with van der Waals surface area (Å²) < 4.78 is 5.03. The van der Waals surface area contributed by atoms with E-state index in [1.54, 1.807) is 6.92 Å². The molecular formula is C13H24Cl2O2. The van der Waals surface area contributed by atoms with Crippen molar-refractivity contribution in [3.05, 3.63) is 0 Å². The van der Waals surface area contributed by atoms with Crippen molar-refractivity contribution >= 4 is 29.2 Å². The van der Waals surface area contributed by atoms with Crippen molar-refractivity contribution in [2.45, 2.75) is 70.3 Å². The standard InChI is InChI=1S/C13H24Cl2O2/c1-3-4-5-6-7-8-9-10-12(16)17-13(2,15)11-14/h3-11H2,1-2H3. The Hall–Kier alpha value is 0.0500. The summed E-state index contributed by atoms with van der Waals surface area (Å²) in [7, 11) is 0. The summed E-state index contributed by atoms with van der Waals surface area (Å²) in [6, 6.07) is 0. The molecule has 4 heteroatoms. The van der Waals surface area contributed by atoms with Crippen LogP contribution in [0.4, 0.5) is 0 Å². The van der Waals surface area contributed by atoms with Gasteiger partial charge in [-0.3, -0.25) is 4.79 Å². The number of unbranched alkanes of at least 4 members (excludes halogenated alkanes) is 6. The Morgan fingerprint density at radius 3 is 2.18 bits per heavy atom. The van der Waals surface area contributed by atoms with Gasteiger partial charge in [0.15, 0.2) is 5.06 Å². The van der Waals surface area contributed by atoms with Gasteiger partial charge < -0.3 is 4.74 Å². The van der Waals surface area contributed by atoms with Crippen molar-refractivity contribution < 1.29 is 9.53 Å². The largest absolute Gasteiger partial charge is 0.442 e. The van der Waals surface area contributed by atoms with Crippen LogP contribution >= 0.6 is 23.2 Å². The van der Waals surface area contributed by atoms with Gasteiger partial charge in [-0.05, 0) is 13.3 Å². The molecule has 0 amide bonds. The lowest BCUT2D eigenvalue weighted by Crippen LogP contribution is -2.26. The molecule has 0 aliphatic rings. The lowest BCUT2D eigenvalue weighted by atomic mass is 10.1. The van der Waals surface area contributed by atoms with Crippen LogP contribution < -0.4 is 0 Å². The fraction of sp³-hybridized carbons (Fsp3) is 0.923. The molecule has 0 aromatic rings. The molecule has 0 fully saturated rings. The van der Waals surface area contributed by atoms with Gasteiger partial charge in [0.1, 0.15) is 0 Å². The number of alkyl halides is 2. The molecule has 17 heavy (non-hydrogen) atoms. The van der Waals surface area contributed by atoms with Crippen molar-refractivity contribution in [2.75, 3.05) is 5.88 Å². The predicted octanol–water partition coefficient (Wildman–Crippen LogP) is 4.86. The summed E-state index contributed by atoms with van der Waals surface area (Å²) in [5.74, 6) is -0.145. The Balaban J connectivity index is 3.40. The first-order valence-electron chi connectivity index (χ1n) is 6.48. The van der Waals surface area contributed by atoms with E-state index in [0.717, 1.165) is 12.8 Å². The highest BCUT2D eigenvalue weighted by atomic mass is 35.5. The van der Waals surface area contributed by atoms with E-state index in [0.29, 0.717) is 6.42 Å². The number of hydrogen-bond donors (Lipinski definition) is 0. The van der Waals surface area contributed by atoms with Gasteiger partial charge in [-0.2, -0.15) is 0 Å². The van der Waals surface area contributed by atoms with E-state index in [1.807, 2.05) is 0 Å². The van der Waals surface area contributed by atoms with E-state index in [-0.39, 0.29) is 11.8 Å². The first kappa shape index (κ1) is 17.1. The molecule has 0 aliphatic carbocycles. The molecule has 0 aromatic carbocycles. The maximum atomic E-state index is 11.4. The number of ether oxygens (including phenoxy) is 1. The highest BCUT2D eigenvalue weighted by molar-refractivity contribution is 6.30. The Kier molecular flexibility index (Phi) is 10.0. The molecule has 0 spiro atoms. The van der Waals surface area contributed by atoms with Crippen LogP contribution in [0.2, 0.25) is 0 Å². The predicted molar refractivity (Wildman–Crippen MR) is 73.7 cm³/mol. The van der Waals surface area contributed by atoms with Gasteiger partial charge in [0.2, 0.25) is 0 Å². The fourth-order valence-electron chi connectivity index (χ4n) is 1.54. The minimum atomic E-state index is -1.06. The minimum Gasteiger partial charge on any atom is -0.442 e. The molecule has 0 heterocycles. The third-order valence-electron chi connectivity index (χ3n) is 2.55. The van der Waals surface area contributed by atoms with Gasteiger partial charge >= 0.3 is 5.97 Å². The average Bonchev–Trinajstić information content (AvgIpc) is 2.27. The Bertz CT molecular complexity index is 206. The number of carbonyl (C=O) groups is 1. The molecule has 1 unspecified atom stereocenters. The van der Waals surface area contributed by atoms with Crippen molar-refractivity contribution in [3.63, 3.8) is 0 Å². The number of carbonyl (C=O) groups excluding carboxylic acids is 1. The lowest BCUT2D eigenvalue weighted by molar-refractivity contribution is -0.150. The summed E-state index contributed by atoms with van der Waals surface area (Å²) in [6.45, 7) is 3.81. The monoisotopic (exact) mass is 282 g/mol. The second kappa shape index (κ2) is 10.0. The Morgan fingerprint density at radius 2 is 1.65 bits per heavy atom. The highest BCUT2D eigenvalue weighted by Crippen LogP contribution is 2.19. The van der Waals surface area contributed by atoms with Gasteiger partial charge in [-0.15, -0.1) is 11.6 Å². The van der Waals surface area contributed by atoms with Gasteiger partial charge in [-0.1, -0.05) is 57.0 Å². The van der Waals surface area contributed by atoms with Crippen molar-refractivity contribution in [1.29, 1.82) is 0 Å². The van der Waals surface area contributed by atoms with Crippen LogP contribution in [0, 0.1) is 0 Å². The van der Waals surface area contributed by atoms with Crippen LogP contribution in [0.3, 0.4) is 0 Å². The first-order chi connectivity index (χ1) is 8.02. The number of rotatable bonds is 10. The maximum Gasteiger partial charge on any atom is 0.307 e. The fourth-order valence-corrected chi connectivity index (χ4v) is 1.68. The van der Waals surface area contributed by atoms with Gasteiger partial charge in [-0.25, -0.2) is 0 Å². The molecule has 0 radical (unpaired) electrons. The number of halogens is 2. The molecule has 102 valence electrons. The smallest absolute Gasteiger partial charge is 0.307 e. The zero-order chi connectivity index (χ0) is 13.1. The molecule has 0 saturated heterocycles. The summed E-state index contributed by atoms with van der Waals surface area (Å²) in [6.07, 6.45) is 8.72. The molecule has 0 bridgehead atoms. The summed E-state index contributed by atoms with van der Waals surface area (Å²) in [5, 5.41) is -1.06. The van der Waals surface area contributed by atoms with Crippen LogP contribution in [0.1, 0.15) is 65.2 Å². The number of hydrogen-bond acceptors (Lipinski definition) is 2. The second-order valence-electron chi connectivity index (χ2n) is 4.58. The van der Waals surface area contributed by atoms with E-state index in [9.17, 15) is 4.79 Å². The number of esters is 1. The van der Waals surface area contributed by atoms with Gasteiger partial charge in [0, 0.05) is 6.42 Å². The zero-order valence-corrected chi connectivity index (χ0v) is 12.4. The topological polar surface area (TPSA) is 26.3 Å². The van der Waals surface area contributed by atoms with Gasteiger partial charge in [0.25, 0.3) is 0 Å². The third kappa shape index (κ3) is 10.9. The molecule has 0 rings (SSSR count). The van der Waals surface area contributed by atoms with Crippen LogP contribution in [0.5, 0.6) is 0 Å². The van der Waals surface area contributed by atoms with E-state index in [1.165, 1.54) is 32.1 Å². The van der Waals surface area contributed by atoms with Crippen molar-refractivity contribution in [1.82, 2.24) is 0 Å². The van der Waals surface area contributed by atoms with Crippen molar-refractivity contribution in [2.24, 2.45) is 0 Å². The maximum absolute atomic E-state index is 11.4. The molecule has 0 aliphatic heterocycles.